The molecule has 0 radical (unpaired) electrons. The number of carbonyl (C=O) groups is 2. The lowest BCUT2D eigenvalue weighted by molar-refractivity contribution is -0.151. The number of hydrogen-bond donors (Lipinski definition) is 0. The Kier molecular flexibility index (Phi) is 6.13. The largest absolute Gasteiger partial charge is 0.465 e. The Balaban J connectivity index is 1.69. The zero-order chi connectivity index (χ0) is 21.8. The highest BCUT2D eigenvalue weighted by molar-refractivity contribution is 6.10. The van der Waals surface area contributed by atoms with Crippen LogP contribution in [0.4, 0.5) is 0 Å². The first kappa shape index (κ1) is 20.8. The second kappa shape index (κ2) is 9.13. The zero-order valence-corrected chi connectivity index (χ0v) is 17.9. The van der Waals surface area contributed by atoms with E-state index in [9.17, 15) is 9.59 Å². The fourth-order valence-corrected chi connectivity index (χ4v) is 4.39. The Morgan fingerprint density at radius 3 is 2.16 bits per heavy atom. The summed E-state index contributed by atoms with van der Waals surface area (Å²) in [6, 6.07) is 26.4. The third kappa shape index (κ3) is 4.36. The SMILES string of the molecule is CCOC(=O)C1C(=O)C=C(c2ccc(-c3ccccc3)cc2)CC1c1ccccc1C. The molecule has 0 heterocycles. The van der Waals surface area contributed by atoms with E-state index in [0.717, 1.165) is 33.4 Å². The number of esters is 1. The smallest absolute Gasteiger partial charge is 0.317 e. The first-order chi connectivity index (χ1) is 15.1. The number of ketones is 1. The summed E-state index contributed by atoms with van der Waals surface area (Å²) in [4.78, 5) is 25.8. The van der Waals surface area contributed by atoms with Gasteiger partial charge in [-0.2, -0.15) is 0 Å². The van der Waals surface area contributed by atoms with E-state index in [0.29, 0.717) is 6.42 Å². The Labute approximate surface area is 183 Å². The summed E-state index contributed by atoms with van der Waals surface area (Å²) in [5.41, 5.74) is 6.36. The Morgan fingerprint density at radius 2 is 1.48 bits per heavy atom. The molecule has 0 aliphatic heterocycles. The van der Waals surface area contributed by atoms with Gasteiger partial charge in [-0.15, -0.1) is 0 Å². The van der Waals surface area contributed by atoms with Gasteiger partial charge in [-0.3, -0.25) is 9.59 Å². The highest BCUT2D eigenvalue weighted by atomic mass is 16.5. The molecule has 1 aliphatic rings. The fourth-order valence-electron chi connectivity index (χ4n) is 4.39. The number of allylic oxidation sites excluding steroid dienone is 2. The number of aryl methyl sites for hydroxylation is 1. The molecule has 3 nitrogen and oxygen atoms in total. The van der Waals surface area contributed by atoms with E-state index in [4.69, 9.17) is 4.74 Å². The maximum Gasteiger partial charge on any atom is 0.317 e. The second-order valence-corrected chi connectivity index (χ2v) is 7.91. The molecular formula is C28H26O3. The van der Waals surface area contributed by atoms with Crippen molar-refractivity contribution in [3.8, 4) is 11.1 Å². The quantitative estimate of drug-likeness (QED) is 0.384. The summed E-state index contributed by atoms with van der Waals surface area (Å²) in [5, 5.41) is 0. The predicted molar refractivity (Wildman–Crippen MR) is 124 cm³/mol. The van der Waals surface area contributed by atoms with Gasteiger partial charge in [0.1, 0.15) is 5.92 Å². The minimum atomic E-state index is -0.798. The van der Waals surface area contributed by atoms with Gasteiger partial charge in [0.25, 0.3) is 0 Å². The van der Waals surface area contributed by atoms with Crippen molar-refractivity contribution in [2.75, 3.05) is 6.61 Å². The molecule has 2 unspecified atom stereocenters. The molecule has 0 N–H and O–H groups in total. The van der Waals surface area contributed by atoms with Crippen molar-refractivity contribution in [2.24, 2.45) is 5.92 Å². The van der Waals surface area contributed by atoms with Crippen LogP contribution in [0.1, 0.15) is 36.0 Å². The molecule has 0 spiro atoms. The van der Waals surface area contributed by atoms with Crippen LogP contribution in [0, 0.1) is 12.8 Å². The van der Waals surface area contributed by atoms with Crippen molar-refractivity contribution >= 4 is 17.3 Å². The van der Waals surface area contributed by atoms with E-state index >= 15 is 0 Å². The molecule has 0 saturated carbocycles. The van der Waals surface area contributed by atoms with Crippen LogP contribution < -0.4 is 0 Å². The van der Waals surface area contributed by atoms with Crippen molar-refractivity contribution in [3.63, 3.8) is 0 Å². The highest BCUT2D eigenvalue weighted by Crippen LogP contribution is 2.41. The minimum Gasteiger partial charge on any atom is -0.465 e. The van der Waals surface area contributed by atoms with Gasteiger partial charge >= 0.3 is 5.97 Å². The van der Waals surface area contributed by atoms with E-state index in [2.05, 4.69) is 36.4 Å². The van der Waals surface area contributed by atoms with Crippen molar-refractivity contribution < 1.29 is 14.3 Å². The molecule has 0 aromatic heterocycles. The number of rotatable bonds is 5. The molecule has 3 aromatic rings. The zero-order valence-electron chi connectivity index (χ0n) is 17.9. The van der Waals surface area contributed by atoms with Crippen molar-refractivity contribution in [3.05, 3.63) is 102 Å². The monoisotopic (exact) mass is 410 g/mol. The van der Waals surface area contributed by atoms with Crippen molar-refractivity contribution in [1.82, 2.24) is 0 Å². The van der Waals surface area contributed by atoms with E-state index in [1.54, 1.807) is 13.0 Å². The first-order valence-corrected chi connectivity index (χ1v) is 10.7. The van der Waals surface area contributed by atoms with Gasteiger partial charge in [0.05, 0.1) is 6.61 Å². The van der Waals surface area contributed by atoms with Gasteiger partial charge in [0.2, 0.25) is 0 Å². The Morgan fingerprint density at radius 1 is 0.871 bits per heavy atom. The molecule has 0 fully saturated rings. The lowest BCUT2D eigenvalue weighted by Crippen LogP contribution is -2.34. The van der Waals surface area contributed by atoms with Gasteiger partial charge < -0.3 is 4.74 Å². The van der Waals surface area contributed by atoms with E-state index in [1.807, 2.05) is 49.4 Å². The highest BCUT2D eigenvalue weighted by Gasteiger charge is 2.40. The average molecular weight is 411 g/mol. The molecule has 2 atom stereocenters. The van der Waals surface area contributed by atoms with Gasteiger partial charge in [0.15, 0.2) is 5.78 Å². The Bertz CT molecular complexity index is 1110. The maximum atomic E-state index is 13.1. The van der Waals surface area contributed by atoms with Crippen molar-refractivity contribution in [2.45, 2.75) is 26.2 Å². The minimum absolute atomic E-state index is 0.180. The first-order valence-electron chi connectivity index (χ1n) is 10.7. The van der Waals surface area contributed by atoms with Crippen LogP contribution in [0.2, 0.25) is 0 Å². The summed E-state index contributed by atoms with van der Waals surface area (Å²) in [6.07, 6.45) is 2.25. The second-order valence-electron chi connectivity index (χ2n) is 7.91. The third-order valence-electron chi connectivity index (χ3n) is 5.96. The molecule has 0 amide bonds. The van der Waals surface area contributed by atoms with Gasteiger partial charge in [0, 0.05) is 5.92 Å². The fraction of sp³-hybridized carbons (Fsp3) is 0.214. The third-order valence-corrected chi connectivity index (χ3v) is 5.96. The number of carbonyl (C=O) groups excluding carboxylic acids is 2. The molecule has 0 bridgehead atoms. The van der Waals surface area contributed by atoms with E-state index in [-0.39, 0.29) is 18.3 Å². The van der Waals surface area contributed by atoms with E-state index in [1.165, 1.54) is 0 Å². The molecule has 3 heteroatoms. The summed E-state index contributed by atoms with van der Waals surface area (Å²) in [7, 11) is 0. The van der Waals surface area contributed by atoms with Crippen LogP contribution in [0.15, 0.2) is 84.9 Å². The van der Waals surface area contributed by atoms with Gasteiger partial charge in [-0.1, -0.05) is 78.9 Å². The molecule has 156 valence electrons. The molecule has 31 heavy (non-hydrogen) atoms. The lowest BCUT2D eigenvalue weighted by atomic mass is 9.72. The number of benzene rings is 3. The number of ether oxygens (including phenoxy) is 1. The summed E-state index contributed by atoms with van der Waals surface area (Å²) < 4.78 is 5.26. The lowest BCUT2D eigenvalue weighted by Gasteiger charge is -2.30. The molecule has 3 aromatic carbocycles. The van der Waals surface area contributed by atoms with Gasteiger partial charge in [-0.05, 0) is 59.7 Å². The van der Waals surface area contributed by atoms with Crippen LogP contribution in [0.25, 0.3) is 16.7 Å². The Hall–Kier alpha value is -3.46. The van der Waals surface area contributed by atoms with Crippen LogP contribution in [-0.4, -0.2) is 18.4 Å². The molecule has 1 aliphatic carbocycles. The molecule has 4 rings (SSSR count). The molecule has 0 saturated heterocycles. The van der Waals surface area contributed by atoms with Crippen LogP contribution in [0.3, 0.4) is 0 Å². The predicted octanol–water partition coefficient (Wildman–Crippen LogP) is 5.98. The summed E-state index contributed by atoms with van der Waals surface area (Å²) >= 11 is 0. The van der Waals surface area contributed by atoms with Crippen LogP contribution in [0.5, 0.6) is 0 Å². The number of hydrogen-bond acceptors (Lipinski definition) is 3. The normalized spacial score (nSPS) is 18.4. The van der Waals surface area contributed by atoms with Gasteiger partial charge in [-0.25, -0.2) is 0 Å². The van der Waals surface area contributed by atoms with Crippen LogP contribution in [-0.2, 0) is 14.3 Å². The summed E-state index contributed by atoms with van der Waals surface area (Å²) in [6.45, 7) is 4.05. The van der Waals surface area contributed by atoms with Crippen LogP contribution >= 0.6 is 0 Å². The van der Waals surface area contributed by atoms with E-state index < -0.39 is 11.9 Å². The topological polar surface area (TPSA) is 43.4 Å². The molecular weight excluding hydrogens is 384 g/mol. The standard InChI is InChI=1S/C28H26O3/c1-3-31-28(30)27-25(24-12-8-7-9-19(24)2)17-23(18-26(27)29)22-15-13-21(14-16-22)20-10-5-4-6-11-20/h4-16,18,25,27H,3,17H2,1-2H3. The summed E-state index contributed by atoms with van der Waals surface area (Å²) in [5.74, 6) is -1.65. The van der Waals surface area contributed by atoms with Crippen molar-refractivity contribution in [1.29, 1.82) is 0 Å². The maximum absolute atomic E-state index is 13.1. The average Bonchev–Trinajstić information content (AvgIpc) is 2.79.